The summed E-state index contributed by atoms with van der Waals surface area (Å²) in [6.07, 6.45) is 10.2. The zero-order valence-corrected chi connectivity index (χ0v) is 25.9. The van der Waals surface area contributed by atoms with Crippen molar-refractivity contribution in [1.82, 2.24) is 34.0 Å². The second kappa shape index (κ2) is 13.0. The van der Waals surface area contributed by atoms with Crippen LogP contribution in [0, 0.1) is 0 Å². The number of likely N-dealkylation sites (tertiary alicyclic amines) is 1. The second-order valence-corrected chi connectivity index (χ2v) is 11.3. The number of halogens is 3. The molecule has 4 aromatic heterocycles. The molecule has 13 heteroatoms. The van der Waals surface area contributed by atoms with E-state index in [2.05, 4.69) is 19.9 Å². The van der Waals surface area contributed by atoms with E-state index >= 15 is 0 Å². The molecule has 2 fully saturated rings. The highest BCUT2D eigenvalue weighted by atomic mass is 35.5. The number of H-pyrrole nitrogens is 1. The molecule has 5 aromatic rings. The minimum Gasteiger partial charge on any atom is -0.356 e. The van der Waals surface area contributed by atoms with E-state index < -0.39 is 0 Å². The molecule has 2 aliphatic rings. The fourth-order valence-corrected chi connectivity index (χ4v) is 6.64. The van der Waals surface area contributed by atoms with Crippen molar-refractivity contribution < 1.29 is 4.79 Å². The van der Waals surface area contributed by atoms with E-state index in [9.17, 15) is 9.59 Å². The number of benzene rings is 1. The molecule has 7 rings (SSSR count). The Bertz CT molecular complexity index is 1800. The molecular formula is C30H33Cl3N8O2. The molecule has 0 saturated carbocycles. The standard InChI is InChI=1S/C30H31ClN8O2.2ClH/c31-23-8-3-2-7-21(23)22-17-38(29-26(22)28(33-19-34-29)37-13-4-1-5-14-37)18-25(40)36-15-10-20(11-16-36)39-24-9-6-12-32-27(24)35-30(39)41;;/h2-3,6-9,12,17,19-20H,1,4-5,10-11,13-16,18H2,(H,32,35,41);2*1H. The van der Waals surface area contributed by atoms with Crippen LogP contribution in [0.4, 0.5) is 5.82 Å². The van der Waals surface area contributed by atoms with Gasteiger partial charge in [-0.15, -0.1) is 24.8 Å². The van der Waals surface area contributed by atoms with Crippen molar-refractivity contribution in [3.05, 3.63) is 70.6 Å². The van der Waals surface area contributed by atoms with Crippen LogP contribution in [0.25, 0.3) is 33.3 Å². The Balaban J connectivity index is 0.00000184. The van der Waals surface area contributed by atoms with Gasteiger partial charge in [-0.25, -0.2) is 19.7 Å². The second-order valence-electron chi connectivity index (χ2n) is 10.9. The number of nitrogens with zero attached hydrogens (tertiary/aromatic N) is 7. The predicted molar refractivity (Wildman–Crippen MR) is 174 cm³/mol. The fraction of sp³-hybridized carbons (Fsp3) is 0.367. The first-order valence-electron chi connectivity index (χ1n) is 14.2. The normalized spacial score (nSPS) is 15.8. The van der Waals surface area contributed by atoms with Crippen LogP contribution >= 0.6 is 36.4 Å². The van der Waals surface area contributed by atoms with Gasteiger partial charge in [0.2, 0.25) is 5.91 Å². The van der Waals surface area contributed by atoms with Gasteiger partial charge in [0.05, 0.1) is 10.9 Å². The summed E-state index contributed by atoms with van der Waals surface area (Å²) in [7, 11) is 0. The Morgan fingerprint density at radius 2 is 1.70 bits per heavy atom. The van der Waals surface area contributed by atoms with E-state index in [1.54, 1.807) is 17.1 Å². The lowest BCUT2D eigenvalue weighted by atomic mass is 10.0. The number of pyridine rings is 1. The Morgan fingerprint density at radius 1 is 0.930 bits per heavy atom. The number of nitrogens with one attached hydrogen (secondary N) is 1. The van der Waals surface area contributed by atoms with E-state index in [0.717, 1.165) is 59.4 Å². The minimum atomic E-state index is -0.154. The van der Waals surface area contributed by atoms with Gasteiger partial charge in [0.25, 0.3) is 0 Å². The number of imidazole rings is 1. The van der Waals surface area contributed by atoms with E-state index in [1.807, 2.05) is 52.1 Å². The molecule has 10 nitrogen and oxygen atoms in total. The molecule has 0 radical (unpaired) electrons. The molecule has 1 aromatic carbocycles. The summed E-state index contributed by atoms with van der Waals surface area (Å²) in [5.41, 5.74) is 3.81. The van der Waals surface area contributed by atoms with Gasteiger partial charge >= 0.3 is 5.69 Å². The number of piperidine rings is 2. The van der Waals surface area contributed by atoms with Crippen LogP contribution in [0.3, 0.4) is 0 Å². The summed E-state index contributed by atoms with van der Waals surface area (Å²) in [5.74, 6) is 0.924. The molecule has 0 aliphatic carbocycles. The third-order valence-electron chi connectivity index (χ3n) is 8.43. The number of rotatable bonds is 5. The zero-order chi connectivity index (χ0) is 27.9. The molecule has 0 atom stereocenters. The summed E-state index contributed by atoms with van der Waals surface area (Å²) < 4.78 is 3.73. The third-order valence-corrected chi connectivity index (χ3v) is 8.76. The van der Waals surface area contributed by atoms with E-state index in [0.29, 0.717) is 36.6 Å². The first-order chi connectivity index (χ1) is 20.1. The van der Waals surface area contributed by atoms with Gasteiger partial charge in [-0.05, 0) is 50.3 Å². The number of anilines is 1. The first-order valence-corrected chi connectivity index (χ1v) is 14.6. The maximum absolute atomic E-state index is 13.6. The number of carbonyl (C=O) groups is 1. The number of aromatic nitrogens is 6. The van der Waals surface area contributed by atoms with Crippen molar-refractivity contribution in [2.45, 2.75) is 44.7 Å². The van der Waals surface area contributed by atoms with Crippen LogP contribution in [0.15, 0.2) is 59.9 Å². The number of aromatic amines is 1. The summed E-state index contributed by atoms with van der Waals surface area (Å²) >= 11 is 6.67. The lowest BCUT2D eigenvalue weighted by Gasteiger charge is -2.32. The fourth-order valence-electron chi connectivity index (χ4n) is 6.40. The van der Waals surface area contributed by atoms with E-state index in [1.165, 1.54) is 6.42 Å². The molecule has 2 aliphatic heterocycles. The van der Waals surface area contributed by atoms with Crippen molar-refractivity contribution in [2.24, 2.45) is 0 Å². The number of carbonyl (C=O) groups excluding carboxylic acids is 1. The van der Waals surface area contributed by atoms with Crippen LogP contribution in [0.1, 0.15) is 38.1 Å². The summed E-state index contributed by atoms with van der Waals surface area (Å²) in [6, 6.07) is 11.5. The highest BCUT2D eigenvalue weighted by Gasteiger charge is 2.28. The van der Waals surface area contributed by atoms with Crippen molar-refractivity contribution >= 4 is 70.3 Å². The number of fused-ring (bicyclic) bond motifs is 2. The molecule has 6 heterocycles. The minimum absolute atomic E-state index is 0. The van der Waals surface area contributed by atoms with Crippen molar-refractivity contribution in [3.8, 4) is 11.1 Å². The number of hydrogen-bond acceptors (Lipinski definition) is 6. The summed E-state index contributed by atoms with van der Waals surface area (Å²) in [6.45, 7) is 3.21. The largest absolute Gasteiger partial charge is 0.356 e. The zero-order valence-electron chi connectivity index (χ0n) is 23.5. The topological polar surface area (TPSA) is 105 Å². The lowest BCUT2D eigenvalue weighted by molar-refractivity contribution is -0.133. The Hall–Kier alpha value is -3.60. The van der Waals surface area contributed by atoms with E-state index in [-0.39, 0.29) is 49.0 Å². The lowest BCUT2D eigenvalue weighted by Crippen LogP contribution is -2.41. The first kappa shape index (κ1) is 30.8. The van der Waals surface area contributed by atoms with Gasteiger partial charge < -0.3 is 14.4 Å². The van der Waals surface area contributed by atoms with Crippen LogP contribution in [0.5, 0.6) is 0 Å². The highest BCUT2D eigenvalue weighted by Crippen LogP contribution is 2.39. The highest BCUT2D eigenvalue weighted by molar-refractivity contribution is 6.33. The van der Waals surface area contributed by atoms with Gasteiger partial charge in [0.1, 0.15) is 24.3 Å². The molecule has 1 N–H and O–H groups in total. The third kappa shape index (κ3) is 5.71. The smallest absolute Gasteiger partial charge is 0.327 e. The molecule has 226 valence electrons. The van der Waals surface area contributed by atoms with Crippen molar-refractivity contribution in [3.63, 3.8) is 0 Å². The van der Waals surface area contributed by atoms with Gasteiger partial charge in [-0.1, -0.05) is 29.8 Å². The number of amides is 1. The van der Waals surface area contributed by atoms with Gasteiger partial charge in [0.15, 0.2) is 5.65 Å². The molecule has 0 unspecified atom stereocenters. The van der Waals surface area contributed by atoms with Crippen molar-refractivity contribution in [1.29, 1.82) is 0 Å². The van der Waals surface area contributed by atoms with Crippen LogP contribution in [-0.4, -0.2) is 66.1 Å². The monoisotopic (exact) mass is 642 g/mol. The van der Waals surface area contributed by atoms with Gasteiger partial charge in [-0.3, -0.25) is 14.3 Å². The molecular weight excluding hydrogens is 611 g/mol. The average molecular weight is 644 g/mol. The van der Waals surface area contributed by atoms with Crippen LogP contribution in [0.2, 0.25) is 5.02 Å². The predicted octanol–water partition coefficient (Wildman–Crippen LogP) is 5.49. The van der Waals surface area contributed by atoms with Gasteiger partial charge in [-0.2, -0.15) is 0 Å². The van der Waals surface area contributed by atoms with Crippen LogP contribution in [-0.2, 0) is 11.3 Å². The number of hydrogen-bond donors (Lipinski definition) is 1. The summed E-state index contributed by atoms with van der Waals surface area (Å²) in [5, 5.41) is 1.58. The summed E-state index contributed by atoms with van der Waals surface area (Å²) in [4.78, 5) is 47.0. The SMILES string of the molecule is Cl.Cl.O=C(Cn1cc(-c2ccccc2Cl)c2c(N3CCCCC3)ncnc21)N1CCC(n2c(=O)[nH]c3ncccc32)CC1. The molecule has 43 heavy (non-hydrogen) atoms. The molecule has 0 bridgehead atoms. The Morgan fingerprint density at radius 3 is 2.47 bits per heavy atom. The van der Waals surface area contributed by atoms with E-state index in [4.69, 9.17) is 16.6 Å². The van der Waals surface area contributed by atoms with Gasteiger partial charge in [0, 0.05) is 60.8 Å². The maximum atomic E-state index is 13.6. The average Bonchev–Trinajstić information content (AvgIpc) is 3.54. The maximum Gasteiger partial charge on any atom is 0.327 e. The quantitative estimate of drug-likeness (QED) is 0.272. The molecule has 2 saturated heterocycles. The van der Waals surface area contributed by atoms with Crippen molar-refractivity contribution in [2.75, 3.05) is 31.1 Å². The molecule has 1 amide bonds. The Labute approximate surface area is 265 Å². The molecule has 0 spiro atoms. The van der Waals surface area contributed by atoms with Crippen LogP contribution < -0.4 is 10.6 Å². The Kier molecular flexibility index (Phi) is 9.29.